The van der Waals surface area contributed by atoms with Crippen LogP contribution in [0.25, 0.3) is 5.78 Å². The number of aryl methyl sites for hydroxylation is 2. The van der Waals surface area contributed by atoms with Crippen molar-refractivity contribution in [1.29, 1.82) is 0 Å². The van der Waals surface area contributed by atoms with Crippen LogP contribution in [0.2, 0.25) is 0 Å². The van der Waals surface area contributed by atoms with Crippen molar-refractivity contribution in [2.24, 2.45) is 0 Å². The Morgan fingerprint density at radius 1 is 1.24 bits per heavy atom. The zero-order valence-electron chi connectivity index (χ0n) is 11.8. The summed E-state index contributed by atoms with van der Waals surface area (Å²) in [6.45, 7) is 4.14. The molecular weight excluding hydrogens is 332 g/mol. The summed E-state index contributed by atoms with van der Waals surface area (Å²) in [6, 6.07) is 11.2. The van der Waals surface area contributed by atoms with E-state index in [0.717, 1.165) is 11.4 Å². The molecule has 0 atom stereocenters. The van der Waals surface area contributed by atoms with Gasteiger partial charge in [0, 0.05) is 11.6 Å². The minimum absolute atomic E-state index is 0. The van der Waals surface area contributed by atoms with Gasteiger partial charge < -0.3 is 17.0 Å². The van der Waals surface area contributed by atoms with Crippen molar-refractivity contribution in [2.75, 3.05) is 0 Å². The van der Waals surface area contributed by atoms with E-state index in [4.69, 9.17) is 0 Å². The zero-order chi connectivity index (χ0) is 14.1. The Balaban J connectivity index is 0.00000161. The zero-order valence-corrected chi connectivity index (χ0v) is 13.4. The third-order valence-corrected chi connectivity index (χ3v) is 3.19. The van der Waals surface area contributed by atoms with Crippen LogP contribution in [0.5, 0.6) is 0 Å². The molecular formula is C15H15BrN4O. The molecule has 21 heavy (non-hydrogen) atoms. The number of hydrogen-bond donors (Lipinski definition) is 0. The molecule has 2 heterocycles. The number of ketones is 1. The van der Waals surface area contributed by atoms with E-state index in [9.17, 15) is 4.79 Å². The lowest BCUT2D eigenvalue weighted by Crippen LogP contribution is -3.00. The number of Topliss-reactive ketones (excluding diaryl/α,β-unsaturated/α-hetero) is 1. The molecule has 0 saturated carbocycles. The van der Waals surface area contributed by atoms with Gasteiger partial charge in [-0.2, -0.15) is 0 Å². The number of carbonyl (C=O) groups excluding carboxylic acids is 1. The van der Waals surface area contributed by atoms with Gasteiger partial charge in [-0.25, -0.2) is 4.57 Å². The van der Waals surface area contributed by atoms with Crippen molar-refractivity contribution in [1.82, 2.24) is 14.6 Å². The van der Waals surface area contributed by atoms with E-state index in [2.05, 4.69) is 10.1 Å². The molecule has 0 bridgehead atoms. The lowest BCUT2D eigenvalue weighted by molar-refractivity contribution is -0.660. The monoisotopic (exact) mass is 346 g/mol. The average Bonchev–Trinajstić information content (AvgIpc) is 2.83. The highest BCUT2D eigenvalue weighted by atomic mass is 79.9. The van der Waals surface area contributed by atoms with Crippen LogP contribution < -0.4 is 21.5 Å². The maximum atomic E-state index is 12.2. The third kappa shape index (κ3) is 3.00. The quantitative estimate of drug-likeness (QED) is 0.429. The normalized spacial score (nSPS) is 10.4. The lowest BCUT2D eigenvalue weighted by atomic mass is 10.1. The van der Waals surface area contributed by atoms with Crippen LogP contribution in [0.4, 0.5) is 0 Å². The first-order valence-electron chi connectivity index (χ1n) is 6.45. The minimum atomic E-state index is 0. The smallest absolute Gasteiger partial charge is 0.387 e. The molecule has 6 heteroatoms. The van der Waals surface area contributed by atoms with Gasteiger partial charge in [0.2, 0.25) is 6.33 Å². The Labute approximate surface area is 133 Å². The fourth-order valence-electron chi connectivity index (χ4n) is 2.23. The summed E-state index contributed by atoms with van der Waals surface area (Å²) in [5, 5.41) is 4.27. The number of halogens is 1. The maximum Gasteiger partial charge on any atom is 0.387 e. The van der Waals surface area contributed by atoms with Gasteiger partial charge in [-0.15, -0.1) is 4.98 Å². The summed E-state index contributed by atoms with van der Waals surface area (Å²) in [6.07, 6.45) is 1.65. The van der Waals surface area contributed by atoms with E-state index < -0.39 is 0 Å². The molecule has 0 aliphatic carbocycles. The maximum absolute atomic E-state index is 12.2. The molecule has 5 nitrogen and oxygen atoms in total. The second-order valence-corrected chi connectivity index (χ2v) is 4.80. The number of aromatic nitrogens is 4. The first-order valence-corrected chi connectivity index (χ1v) is 6.45. The summed E-state index contributed by atoms with van der Waals surface area (Å²) in [5.41, 5.74) is 2.61. The van der Waals surface area contributed by atoms with Crippen molar-refractivity contribution >= 4 is 11.6 Å². The molecule has 0 spiro atoms. The Hall–Kier alpha value is -2.08. The van der Waals surface area contributed by atoms with E-state index >= 15 is 0 Å². The topological polar surface area (TPSA) is 51.1 Å². The van der Waals surface area contributed by atoms with E-state index in [-0.39, 0.29) is 29.3 Å². The number of fused-ring (bicyclic) bond motifs is 1. The van der Waals surface area contributed by atoms with Gasteiger partial charge in [-0.3, -0.25) is 4.79 Å². The van der Waals surface area contributed by atoms with Gasteiger partial charge in [0.05, 0.1) is 0 Å². The number of hydrogen-bond acceptors (Lipinski definition) is 3. The second-order valence-electron chi connectivity index (χ2n) is 4.80. The summed E-state index contributed by atoms with van der Waals surface area (Å²) in [4.78, 5) is 16.7. The predicted octanol–water partition coefficient (Wildman–Crippen LogP) is -1.48. The van der Waals surface area contributed by atoms with Crippen molar-refractivity contribution in [3.05, 3.63) is 59.7 Å². The highest BCUT2D eigenvalue weighted by molar-refractivity contribution is 5.95. The summed E-state index contributed by atoms with van der Waals surface area (Å²) >= 11 is 0. The molecule has 108 valence electrons. The Morgan fingerprint density at radius 2 is 1.95 bits per heavy atom. The molecule has 0 amide bonds. The van der Waals surface area contributed by atoms with Crippen molar-refractivity contribution < 1.29 is 26.3 Å². The number of benzene rings is 1. The molecule has 1 aromatic carbocycles. The van der Waals surface area contributed by atoms with Crippen LogP contribution in [0.1, 0.15) is 21.7 Å². The van der Waals surface area contributed by atoms with Crippen LogP contribution in [-0.4, -0.2) is 20.4 Å². The van der Waals surface area contributed by atoms with Gasteiger partial charge >= 0.3 is 5.78 Å². The second kappa shape index (κ2) is 6.13. The third-order valence-electron chi connectivity index (χ3n) is 3.19. The van der Waals surface area contributed by atoms with Crippen molar-refractivity contribution in [2.45, 2.75) is 20.4 Å². The van der Waals surface area contributed by atoms with Gasteiger partial charge in [-0.1, -0.05) is 34.8 Å². The summed E-state index contributed by atoms with van der Waals surface area (Å²) in [7, 11) is 0. The van der Waals surface area contributed by atoms with Gasteiger partial charge in [0.25, 0.3) is 0 Å². The molecule has 0 unspecified atom stereocenters. The van der Waals surface area contributed by atoms with Crippen LogP contribution in [-0.2, 0) is 6.54 Å². The number of carbonyl (C=O) groups is 1. The summed E-state index contributed by atoms with van der Waals surface area (Å²) < 4.78 is 3.51. The van der Waals surface area contributed by atoms with E-state index in [1.807, 2.05) is 50.2 Å². The lowest BCUT2D eigenvalue weighted by Gasteiger charge is -1.99. The first kappa shape index (κ1) is 15.3. The van der Waals surface area contributed by atoms with E-state index in [0.29, 0.717) is 11.3 Å². The SMILES string of the molecule is Cc1cc(C)n2nc[n+](CC(=O)c3ccccc3)c2n1.[Br-]. The Bertz CT molecular complexity index is 783. The molecule has 0 aliphatic rings. The molecule has 0 radical (unpaired) electrons. The molecule has 2 aromatic heterocycles. The van der Waals surface area contributed by atoms with Gasteiger partial charge in [0.15, 0.2) is 5.78 Å². The summed E-state index contributed by atoms with van der Waals surface area (Å²) in [5.74, 6) is 0.734. The molecule has 0 N–H and O–H groups in total. The first-order chi connectivity index (χ1) is 9.65. The fraction of sp³-hybridized carbons (Fsp3) is 0.200. The van der Waals surface area contributed by atoms with Gasteiger partial charge in [-0.05, 0) is 18.9 Å². The van der Waals surface area contributed by atoms with E-state index in [1.165, 1.54) is 0 Å². The van der Waals surface area contributed by atoms with Gasteiger partial charge in [0.1, 0.15) is 17.9 Å². The fourth-order valence-corrected chi connectivity index (χ4v) is 2.23. The van der Waals surface area contributed by atoms with Crippen molar-refractivity contribution in [3.63, 3.8) is 0 Å². The molecule has 0 aliphatic heterocycles. The standard InChI is InChI=1S/C15H15N4O.BrH/c1-11-8-12(2)19-15(17-11)18(10-16-19)9-14(20)13-6-4-3-5-7-13;/h3-8,10H,9H2,1-2H3;1H/q+1;/p-1. The van der Waals surface area contributed by atoms with E-state index in [1.54, 1.807) is 15.4 Å². The van der Waals surface area contributed by atoms with Crippen molar-refractivity contribution in [3.8, 4) is 0 Å². The molecule has 0 saturated heterocycles. The Morgan fingerprint density at radius 3 is 2.67 bits per heavy atom. The molecule has 3 rings (SSSR count). The minimum Gasteiger partial charge on any atom is -1.00 e. The number of rotatable bonds is 3. The highest BCUT2D eigenvalue weighted by Crippen LogP contribution is 2.03. The van der Waals surface area contributed by atoms with Crippen LogP contribution in [0.15, 0.2) is 42.7 Å². The Kier molecular flexibility index (Phi) is 4.47. The average molecular weight is 347 g/mol. The predicted molar refractivity (Wildman–Crippen MR) is 73.4 cm³/mol. The molecule has 0 fully saturated rings. The van der Waals surface area contributed by atoms with Crippen LogP contribution in [0.3, 0.4) is 0 Å². The molecule has 3 aromatic rings. The highest BCUT2D eigenvalue weighted by Gasteiger charge is 2.18. The number of nitrogens with zero attached hydrogens (tertiary/aromatic N) is 4. The van der Waals surface area contributed by atoms with Crippen LogP contribution >= 0.6 is 0 Å². The largest absolute Gasteiger partial charge is 1.00 e. The van der Waals surface area contributed by atoms with Crippen LogP contribution in [0, 0.1) is 13.8 Å².